The van der Waals surface area contributed by atoms with E-state index in [1.165, 1.54) is 50.4 Å². The average Bonchev–Trinajstić information content (AvgIpc) is 3.13. The van der Waals surface area contributed by atoms with Gasteiger partial charge >= 0.3 is 0 Å². The Kier molecular flexibility index (Phi) is 4.97. The highest BCUT2D eigenvalue weighted by Crippen LogP contribution is 2.46. The first-order valence-electron chi connectivity index (χ1n) is 11.2. The van der Waals surface area contributed by atoms with Gasteiger partial charge in [-0.3, -0.25) is 4.98 Å². The van der Waals surface area contributed by atoms with Crippen molar-refractivity contribution in [3.63, 3.8) is 0 Å². The number of nitrogens with zero attached hydrogens (tertiary/aromatic N) is 3. The lowest BCUT2D eigenvalue weighted by molar-refractivity contribution is 0.970. The van der Waals surface area contributed by atoms with Gasteiger partial charge in [-0.2, -0.15) is 0 Å². The zero-order chi connectivity index (χ0) is 22.4. The van der Waals surface area contributed by atoms with Crippen LogP contribution in [0.15, 0.2) is 72.9 Å². The molecule has 32 heavy (non-hydrogen) atoms. The molecule has 0 amide bonds. The van der Waals surface area contributed by atoms with Crippen molar-refractivity contribution in [3.05, 3.63) is 101 Å². The standard InChI is InChI=1S/C29H29N3/c1-19-10-8-11-20(2)28(19)24-16-23(5)27(17-30-24)31-18-32(26-15-7-6-14-25(26)31)29-21(3)12-9-13-22(29)4/h6-17H,18H2,1-5H3. The summed E-state index contributed by atoms with van der Waals surface area (Å²) in [7, 11) is 0. The van der Waals surface area contributed by atoms with Gasteiger partial charge in [0.2, 0.25) is 0 Å². The molecule has 0 spiro atoms. The lowest BCUT2D eigenvalue weighted by atomic mass is 9.98. The van der Waals surface area contributed by atoms with E-state index in [0.29, 0.717) is 0 Å². The summed E-state index contributed by atoms with van der Waals surface area (Å²) in [4.78, 5) is 9.74. The van der Waals surface area contributed by atoms with Gasteiger partial charge in [0.05, 0.1) is 29.0 Å². The number of para-hydroxylation sites is 3. The molecule has 3 nitrogen and oxygen atoms in total. The quantitative estimate of drug-likeness (QED) is 0.342. The molecule has 0 saturated heterocycles. The monoisotopic (exact) mass is 419 g/mol. The number of fused-ring (bicyclic) bond motifs is 1. The maximum atomic E-state index is 4.92. The Balaban J connectivity index is 1.59. The third-order valence-corrected chi connectivity index (χ3v) is 6.57. The molecule has 4 aromatic rings. The number of aryl methyl sites for hydroxylation is 5. The first kappa shape index (κ1) is 20.3. The molecule has 0 radical (unpaired) electrons. The highest BCUT2D eigenvalue weighted by atomic mass is 15.4. The molecular formula is C29H29N3. The van der Waals surface area contributed by atoms with Crippen LogP contribution in [0.2, 0.25) is 0 Å². The second-order valence-corrected chi connectivity index (χ2v) is 8.85. The number of pyridine rings is 1. The summed E-state index contributed by atoms with van der Waals surface area (Å²) in [5.41, 5.74) is 13.5. The minimum atomic E-state index is 0.774. The summed E-state index contributed by atoms with van der Waals surface area (Å²) >= 11 is 0. The number of rotatable bonds is 3. The maximum absolute atomic E-state index is 4.92. The van der Waals surface area contributed by atoms with E-state index in [1.807, 2.05) is 6.20 Å². The van der Waals surface area contributed by atoms with Gasteiger partial charge in [-0.15, -0.1) is 0 Å². The normalized spacial score (nSPS) is 12.9. The zero-order valence-corrected chi connectivity index (χ0v) is 19.5. The van der Waals surface area contributed by atoms with Gasteiger partial charge in [0.15, 0.2) is 0 Å². The van der Waals surface area contributed by atoms with Crippen LogP contribution in [0.5, 0.6) is 0 Å². The number of anilines is 4. The fourth-order valence-electron chi connectivity index (χ4n) is 5.03. The van der Waals surface area contributed by atoms with Crippen molar-refractivity contribution in [1.82, 2.24) is 4.98 Å². The van der Waals surface area contributed by atoms with Crippen molar-refractivity contribution in [1.29, 1.82) is 0 Å². The van der Waals surface area contributed by atoms with E-state index in [1.54, 1.807) is 0 Å². The predicted octanol–water partition coefficient (Wildman–Crippen LogP) is 7.54. The minimum absolute atomic E-state index is 0.774. The van der Waals surface area contributed by atoms with E-state index >= 15 is 0 Å². The van der Waals surface area contributed by atoms with Gasteiger partial charge in [0.1, 0.15) is 6.67 Å². The molecule has 0 N–H and O–H groups in total. The van der Waals surface area contributed by atoms with E-state index in [0.717, 1.165) is 18.1 Å². The van der Waals surface area contributed by atoms with Crippen LogP contribution in [-0.4, -0.2) is 11.7 Å². The SMILES string of the molecule is Cc1cc(-c2c(C)cccc2C)ncc1N1CN(c2c(C)cccc2C)c2ccccc21. The molecule has 0 aliphatic carbocycles. The van der Waals surface area contributed by atoms with Crippen LogP contribution in [0.4, 0.5) is 22.7 Å². The summed E-state index contributed by atoms with van der Waals surface area (Å²) in [6.45, 7) is 11.7. The number of benzene rings is 3. The average molecular weight is 420 g/mol. The molecule has 2 heterocycles. The molecule has 3 heteroatoms. The molecule has 0 unspecified atom stereocenters. The number of aromatic nitrogens is 1. The Morgan fingerprint density at radius 1 is 0.594 bits per heavy atom. The van der Waals surface area contributed by atoms with E-state index in [4.69, 9.17) is 4.98 Å². The van der Waals surface area contributed by atoms with Crippen molar-refractivity contribution in [2.24, 2.45) is 0 Å². The zero-order valence-electron chi connectivity index (χ0n) is 19.5. The molecule has 160 valence electrons. The molecular weight excluding hydrogens is 390 g/mol. The lowest BCUT2D eigenvalue weighted by Gasteiger charge is -2.26. The van der Waals surface area contributed by atoms with Crippen molar-refractivity contribution < 1.29 is 0 Å². The van der Waals surface area contributed by atoms with E-state index < -0.39 is 0 Å². The second-order valence-electron chi connectivity index (χ2n) is 8.85. The van der Waals surface area contributed by atoms with Crippen molar-refractivity contribution in [2.45, 2.75) is 34.6 Å². The third-order valence-electron chi connectivity index (χ3n) is 6.57. The van der Waals surface area contributed by atoms with Crippen LogP contribution in [0, 0.1) is 34.6 Å². The van der Waals surface area contributed by atoms with Gasteiger partial charge in [-0.05, 0) is 80.6 Å². The van der Waals surface area contributed by atoms with Gasteiger partial charge in [0.25, 0.3) is 0 Å². The van der Waals surface area contributed by atoms with Crippen molar-refractivity contribution >= 4 is 22.7 Å². The summed E-state index contributed by atoms with van der Waals surface area (Å²) in [6, 6.07) is 23.9. The van der Waals surface area contributed by atoms with Crippen molar-refractivity contribution in [3.8, 4) is 11.3 Å². The van der Waals surface area contributed by atoms with Gasteiger partial charge in [-0.25, -0.2) is 0 Å². The minimum Gasteiger partial charge on any atom is -0.320 e. The van der Waals surface area contributed by atoms with Crippen LogP contribution in [0.3, 0.4) is 0 Å². The van der Waals surface area contributed by atoms with E-state index in [2.05, 4.69) is 111 Å². The molecule has 0 bridgehead atoms. The highest BCUT2D eigenvalue weighted by molar-refractivity contribution is 5.89. The molecule has 3 aromatic carbocycles. The van der Waals surface area contributed by atoms with Crippen LogP contribution in [0.1, 0.15) is 27.8 Å². The fraction of sp³-hybridized carbons (Fsp3) is 0.207. The Bertz CT molecular complexity index is 1280. The summed E-state index contributed by atoms with van der Waals surface area (Å²) < 4.78 is 0. The lowest BCUT2D eigenvalue weighted by Crippen LogP contribution is -2.25. The summed E-state index contributed by atoms with van der Waals surface area (Å²) in [6.07, 6.45) is 2.04. The second kappa shape index (κ2) is 7.83. The van der Waals surface area contributed by atoms with E-state index in [-0.39, 0.29) is 0 Å². The Morgan fingerprint density at radius 3 is 1.75 bits per heavy atom. The topological polar surface area (TPSA) is 19.4 Å². The summed E-state index contributed by atoms with van der Waals surface area (Å²) in [5.74, 6) is 0. The number of hydrogen-bond donors (Lipinski definition) is 0. The molecule has 1 aliphatic rings. The molecule has 0 fully saturated rings. The first-order chi connectivity index (χ1) is 15.5. The molecule has 0 saturated carbocycles. The third kappa shape index (κ3) is 3.25. The maximum Gasteiger partial charge on any atom is 0.100 e. The van der Waals surface area contributed by atoms with Crippen LogP contribution < -0.4 is 9.80 Å². The Morgan fingerprint density at radius 2 is 1.16 bits per heavy atom. The van der Waals surface area contributed by atoms with Crippen LogP contribution in [0.25, 0.3) is 11.3 Å². The van der Waals surface area contributed by atoms with Crippen molar-refractivity contribution in [2.75, 3.05) is 16.5 Å². The van der Waals surface area contributed by atoms with E-state index in [9.17, 15) is 0 Å². The first-order valence-corrected chi connectivity index (χ1v) is 11.2. The van der Waals surface area contributed by atoms with Crippen LogP contribution >= 0.6 is 0 Å². The van der Waals surface area contributed by atoms with Gasteiger partial charge in [-0.1, -0.05) is 48.5 Å². The largest absolute Gasteiger partial charge is 0.320 e. The molecule has 5 rings (SSSR count). The van der Waals surface area contributed by atoms with Crippen LogP contribution in [-0.2, 0) is 0 Å². The number of hydrogen-bond acceptors (Lipinski definition) is 3. The smallest absolute Gasteiger partial charge is 0.100 e. The summed E-state index contributed by atoms with van der Waals surface area (Å²) in [5, 5.41) is 0. The highest BCUT2D eigenvalue weighted by Gasteiger charge is 2.30. The molecule has 0 atom stereocenters. The van der Waals surface area contributed by atoms with Gasteiger partial charge < -0.3 is 9.80 Å². The predicted molar refractivity (Wildman–Crippen MR) is 135 cm³/mol. The molecule has 1 aliphatic heterocycles. The van der Waals surface area contributed by atoms with Gasteiger partial charge in [0, 0.05) is 11.3 Å². The fourth-order valence-corrected chi connectivity index (χ4v) is 5.03. The Labute approximate surface area is 191 Å². The Hall–Kier alpha value is -3.59. The molecule has 1 aromatic heterocycles.